The van der Waals surface area contributed by atoms with E-state index in [-0.39, 0.29) is 37.5 Å². The molecule has 1 atom stereocenters. The summed E-state index contributed by atoms with van der Waals surface area (Å²) in [5, 5.41) is 0. The van der Waals surface area contributed by atoms with E-state index in [1.54, 1.807) is 0 Å². The number of ether oxygens (including phenoxy) is 3. The van der Waals surface area contributed by atoms with Gasteiger partial charge in [-0.05, 0) is 96.3 Å². The van der Waals surface area contributed by atoms with Crippen molar-refractivity contribution in [2.45, 2.75) is 271 Å². The lowest BCUT2D eigenvalue weighted by atomic mass is 10.1. The van der Waals surface area contributed by atoms with Gasteiger partial charge in [0, 0.05) is 19.3 Å². The van der Waals surface area contributed by atoms with Crippen molar-refractivity contribution in [3.05, 3.63) is 60.8 Å². The first kappa shape index (κ1) is 60.1. The molecule has 0 spiro atoms. The van der Waals surface area contributed by atoms with Gasteiger partial charge in [0.2, 0.25) is 0 Å². The third-order valence-electron chi connectivity index (χ3n) is 11.5. The zero-order valence-electron chi connectivity index (χ0n) is 41.6. The molecule has 0 radical (unpaired) electrons. The van der Waals surface area contributed by atoms with Crippen molar-refractivity contribution < 1.29 is 28.6 Å². The molecule has 0 amide bonds. The molecule has 0 aliphatic rings. The molecule has 0 N–H and O–H groups in total. The van der Waals surface area contributed by atoms with Crippen molar-refractivity contribution in [3.8, 4) is 0 Å². The maximum absolute atomic E-state index is 12.8. The lowest BCUT2D eigenvalue weighted by Gasteiger charge is -2.18. The van der Waals surface area contributed by atoms with Crippen molar-refractivity contribution >= 4 is 17.9 Å². The minimum Gasteiger partial charge on any atom is -0.462 e. The highest BCUT2D eigenvalue weighted by atomic mass is 16.6. The van der Waals surface area contributed by atoms with Crippen LogP contribution in [0.2, 0.25) is 0 Å². The minimum absolute atomic E-state index is 0.0933. The Bertz CT molecular complexity index is 1150. The van der Waals surface area contributed by atoms with E-state index in [0.717, 1.165) is 64.2 Å². The van der Waals surface area contributed by atoms with Gasteiger partial charge in [0.25, 0.3) is 0 Å². The van der Waals surface area contributed by atoms with Crippen LogP contribution in [-0.4, -0.2) is 37.2 Å². The third-order valence-corrected chi connectivity index (χ3v) is 11.5. The Morgan fingerprint density at radius 3 is 1.06 bits per heavy atom. The molecule has 364 valence electrons. The van der Waals surface area contributed by atoms with Crippen LogP contribution in [0.1, 0.15) is 265 Å². The first-order valence-electron chi connectivity index (χ1n) is 26.8. The predicted molar refractivity (Wildman–Crippen MR) is 270 cm³/mol. The summed E-state index contributed by atoms with van der Waals surface area (Å²) in [6, 6.07) is 0. The van der Waals surface area contributed by atoms with Crippen LogP contribution in [0.15, 0.2) is 60.8 Å². The summed E-state index contributed by atoms with van der Waals surface area (Å²) in [4.78, 5) is 37.9. The van der Waals surface area contributed by atoms with Crippen molar-refractivity contribution in [1.29, 1.82) is 0 Å². The number of rotatable bonds is 48. The van der Waals surface area contributed by atoms with Crippen molar-refractivity contribution in [3.63, 3.8) is 0 Å². The maximum Gasteiger partial charge on any atom is 0.306 e. The zero-order valence-corrected chi connectivity index (χ0v) is 41.6. The summed E-state index contributed by atoms with van der Waals surface area (Å²) in [6.45, 7) is 6.47. The molecule has 63 heavy (non-hydrogen) atoms. The van der Waals surface area contributed by atoms with Crippen molar-refractivity contribution in [1.82, 2.24) is 0 Å². The summed E-state index contributed by atoms with van der Waals surface area (Å²) >= 11 is 0. The Morgan fingerprint density at radius 1 is 0.333 bits per heavy atom. The van der Waals surface area contributed by atoms with Crippen molar-refractivity contribution in [2.75, 3.05) is 13.2 Å². The molecule has 0 aromatic carbocycles. The molecule has 0 saturated heterocycles. The smallest absolute Gasteiger partial charge is 0.306 e. The van der Waals surface area contributed by atoms with Crippen LogP contribution in [0, 0.1) is 0 Å². The van der Waals surface area contributed by atoms with Crippen LogP contribution in [0.25, 0.3) is 0 Å². The number of allylic oxidation sites excluding steroid dienone is 10. The van der Waals surface area contributed by atoms with Gasteiger partial charge in [-0.15, -0.1) is 0 Å². The number of hydrogen-bond donors (Lipinski definition) is 0. The molecule has 0 fully saturated rings. The zero-order chi connectivity index (χ0) is 45.8. The van der Waals surface area contributed by atoms with Gasteiger partial charge >= 0.3 is 17.9 Å². The fraction of sp³-hybridized carbons (Fsp3) is 0.772. The first-order chi connectivity index (χ1) is 31.0. The summed E-state index contributed by atoms with van der Waals surface area (Å²) in [6.07, 6.45) is 63.6. The average molecular weight is 881 g/mol. The van der Waals surface area contributed by atoms with E-state index in [4.69, 9.17) is 14.2 Å². The molecule has 6 heteroatoms. The molecule has 0 aromatic rings. The van der Waals surface area contributed by atoms with Gasteiger partial charge in [0.15, 0.2) is 6.10 Å². The summed E-state index contributed by atoms with van der Waals surface area (Å²) < 4.78 is 16.7. The van der Waals surface area contributed by atoms with E-state index in [9.17, 15) is 14.4 Å². The van der Waals surface area contributed by atoms with Gasteiger partial charge in [-0.2, -0.15) is 0 Å². The van der Waals surface area contributed by atoms with E-state index < -0.39 is 6.10 Å². The molecule has 0 saturated carbocycles. The Kier molecular flexibility index (Phi) is 49.4. The Labute approximate surface area is 390 Å². The fourth-order valence-corrected chi connectivity index (χ4v) is 7.46. The second-order valence-electron chi connectivity index (χ2n) is 17.7. The Hall–Kier alpha value is -2.89. The van der Waals surface area contributed by atoms with Crippen LogP contribution in [-0.2, 0) is 28.6 Å². The monoisotopic (exact) mass is 881 g/mol. The summed E-state index contributed by atoms with van der Waals surface area (Å²) in [5.41, 5.74) is 0. The van der Waals surface area contributed by atoms with Crippen LogP contribution in [0.3, 0.4) is 0 Å². The van der Waals surface area contributed by atoms with Gasteiger partial charge in [0.1, 0.15) is 13.2 Å². The standard InChI is InChI=1S/C57H100O6/c1-4-7-10-13-16-19-22-24-26-27-28-29-31-32-35-38-41-44-47-50-56(59)62-53-54(52-61-55(58)49-46-43-40-37-34-21-18-15-12-9-6-3)63-57(60)51-48-45-42-39-36-33-30-25-23-20-17-14-11-8-5-2/h9,12,18,20-21,23,27-28,37,40,54H,4-8,10-11,13-17,19,22,24-26,29-36,38-39,41-53H2,1-3H3/b12-9-,21-18-,23-20-,28-27-,40-37-. The Morgan fingerprint density at radius 2 is 0.635 bits per heavy atom. The van der Waals surface area contributed by atoms with E-state index in [0.29, 0.717) is 19.3 Å². The molecule has 0 aliphatic carbocycles. The van der Waals surface area contributed by atoms with E-state index >= 15 is 0 Å². The lowest BCUT2D eigenvalue weighted by molar-refractivity contribution is -0.167. The van der Waals surface area contributed by atoms with E-state index in [1.165, 1.54) is 154 Å². The van der Waals surface area contributed by atoms with E-state index in [1.807, 2.05) is 0 Å². The maximum atomic E-state index is 12.8. The van der Waals surface area contributed by atoms with Crippen LogP contribution < -0.4 is 0 Å². The predicted octanol–water partition coefficient (Wildman–Crippen LogP) is 17.6. The molecule has 0 aromatic heterocycles. The first-order valence-corrected chi connectivity index (χ1v) is 26.8. The van der Waals surface area contributed by atoms with Gasteiger partial charge in [-0.25, -0.2) is 0 Å². The Balaban J connectivity index is 4.37. The second kappa shape index (κ2) is 51.7. The van der Waals surface area contributed by atoms with Gasteiger partial charge in [0.05, 0.1) is 0 Å². The molecule has 0 bridgehead atoms. The molecule has 0 aliphatic heterocycles. The summed E-state index contributed by atoms with van der Waals surface area (Å²) in [7, 11) is 0. The quantitative estimate of drug-likeness (QED) is 0.0262. The van der Waals surface area contributed by atoms with Crippen LogP contribution >= 0.6 is 0 Å². The second-order valence-corrected chi connectivity index (χ2v) is 17.7. The topological polar surface area (TPSA) is 78.9 Å². The summed E-state index contributed by atoms with van der Waals surface area (Å²) in [5.74, 6) is -0.954. The third kappa shape index (κ3) is 50.0. The van der Waals surface area contributed by atoms with Gasteiger partial charge in [-0.3, -0.25) is 14.4 Å². The number of esters is 3. The van der Waals surface area contributed by atoms with E-state index in [2.05, 4.69) is 81.5 Å². The highest BCUT2D eigenvalue weighted by Crippen LogP contribution is 2.15. The highest BCUT2D eigenvalue weighted by molar-refractivity contribution is 5.71. The minimum atomic E-state index is -0.797. The SMILES string of the molecule is CC/C=C\C/C=C\C/C=C\CCCC(=O)OCC(COC(=O)CCCCCCCCC/C=C\CCCCCCCCCC)OC(=O)CCCCCCCCC/C=C\CCCCCC. The normalized spacial score (nSPS) is 12.5. The molecule has 0 heterocycles. The molecule has 6 nitrogen and oxygen atoms in total. The fourth-order valence-electron chi connectivity index (χ4n) is 7.46. The average Bonchev–Trinajstić information content (AvgIpc) is 3.28. The molecular weight excluding hydrogens is 781 g/mol. The molecular formula is C57H100O6. The van der Waals surface area contributed by atoms with Crippen LogP contribution in [0.5, 0.6) is 0 Å². The van der Waals surface area contributed by atoms with Crippen molar-refractivity contribution in [2.24, 2.45) is 0 Å². The van der Waals surface area contributed by atoms with Gasteiger partial charge < -0.3 is 14.2 Å². The lowest BCUT2D eigenvalue weighted by Crippen LogP contribution is -2.30. The number of hydrogen-bond acceptors (Lipinski definition) is 6. The number of carbonyl (C=O) groups excluding carboxylic acids is 3. The molecule has 1 unspecified atom stereocenters. The number of unbranched alkanes of at least 4 members (excludes halogenated alkanes) is 27. The highest BCUT2D eigenvalue weighted by Gasteiger charge is 2.19. The number of carbonyl (C=O) groups is 3. The largest absolute Gasteiger partial charge is 0.462 e. The molecule has 0 rings (SSSR count). The van der Waals surface area contributed by atoms with Gasteiger partial charge in [-0.1, -0.05) is 210 Å². The van der Waals surface area contributed by atoms with Crippen LogP contribution in [0.4, 0.5) is 0 Å².